The Morgan fingerprint density at radius 3 is 2.47 bits per heavy atom. The van der Waals surface area contributed by atoms with E-state index in [2.05, 4.69) is 17.4 Å². The number of nitrogens with one attached hydrogen (secondary N) is 1. The van der Waals surface area contributed by atoms with Crippen LogP contribution >= 0.6 is 0 Å². The smallest absolute Gasteiger partial charge is 0.411 e. The Bertz CT molecular complexity index is 955. The average Bonchev–Trinajstić information content (AvgIpc) is 2.75. The molecule has 1 saturated heterocycles. The van der Waals surface area contributed by atoms with Gasteiger partial charge in [-0.05, 0) is 55.9 Å². The molecule has 0 bridgehead atoms. The minimum Gasteiger partial charge on any atom is -0.495 e. The number of carbonyl (C=O) groups is 1. The molecule has 0 unspecified atom stereocenters. The summed E-state index contributed by atoms with van der Waals surface area (Å²) in [5.74, 6) is 0.833. The van der Waals surface area contributed by atoms with E-state index in [1.807, 2.05) is 18.2 Å². The summed E-state index contributed by atoms with van der Waals surface area (Å²) in [6.07, 6.45) is 1.94. The molecule has 0 saturated carbocycles. The zero-order chi connectivity index (χ0) is 21.6. The van der Waals surface area contributed by atoms with E-state index in [-0.39, 0.29) is 17.2 Å². The zero-order valence-electron chi connectivity index (χ0n) is 17.3. The lowest BCUT2D eigenvalue weighted by molar-refractivity contribution is 0.168. The molecule has 0 radical (unpaired) electrons. The molecule has 1 amide bonds. The number of carbonyl (C=O) groups excluding carboxylic acids is 1. The second-order valence-electron chi connectivity index (χ2n) is 7.24. The SMILES string of the molecule is CCOC(=O)Nc1cc(S(=O)(=O)N2CCC(Cc3ccccc3)CC2)ccc1OC. The first-order valence-electron chi connectivity index (χ1n) is 10.1. The summed E-state index contributed by atoms with van der Waals surface area (Å²) in [6.45, 7) is 2.86. The van der Waals surface area contributed by atoms with Gasteiger partial charge in [0.1, 0.15) is 5.75 Å². The Labute approximate surface area is 178 Å². The van der Waals surface area contributed by atoms with Crippen molar-refractivity contribution in [3.8, 4) is 5.75 Å². The van der Waals surface area contributed by atoms with Crippen LogP contribution in [0.15, 0.2) is 53.4 Å². The van der Waals surface area contributed by atoms with Crippen molar-refractivity contribution < 1.29 is 22.7 Å². The molecule has 30 heavy (non-hydrogen) atoms. The number of hydrogen-bond donors (Lipinski definition) is 1. The summed E-state index contributed by atoms with van der Waals surface area (Å²) in [6, 6.07) is 14.7. The number of benzene rings is 2. The molecular formula is C22H28N2O5S. The first-order valence-corrected chi connectivity index (χ1v) is 11.5. The summed E-state index contributed by atoms with van der Waals surface area (Å²) in [7, 11) is -2.21. The van der Waals surface area contributed by atoms with Gasteiger partial charge in [0.2, 0.25) is 10.0 Å². The Hall–Kier alpha value is -2.58. The van der Waals surface area contributed by atoms with Gasteiger partial charge in [-0.25, -0.2) is 13.2 Å². The maximum Gasteiger partial charge on any atom is 0.411 e. The molecule has 7 nitrogen and oxygen atoms in total. The summed E-state index contributed by atoms with van der Waals surface area (Å²) in [4.78, 5) is 11.9. The van der Waals surface area contributed by atoms with Crippen molar-refractivity contribution in [1.29, 1.82) is 0 Å². The predicted molar refractivity (Wildman–Crippen MR) is 115 cm³/mol. The summed E-state index contributed by atoms with van der Waals surface area (Å²) in [5, 5.41) is 2.54. The van der Waals surface area contributed by atoms with Crippen molar-refractivity contribution in [1.82, 2.24) is 4.31 Å². The number of anilines is 1. The van der Waals surface area contributed by atoms with E-state index in [0.29, 0.717) is 24.8 Å². The van der Waals surface area contributed by atoms with E-state index < -0.39 is 16.1 Å². The van der Waals surface area contributed by atoms with Crippen LogP contribution in [0.4, 0.5) is 10.5 Å². The second kappa shape index (κ2) is 9.95. The largest absolute Gasteiger partial charge is 0.495 e. The van der Waals surface area contributed by atoms with Crippen LogP contribution in [0.1, 0.15) is 25.3 Å². The topological polar surface area (TPSA) is 84.9 Å². The Morgan fingerprint density at radius 1 is 1.13 bits per heavy atom. The average molecular weight is 433 g/mol. The van der Waals surface area contributed by atoms with Gasteiger partial charge in [0.15, 0.2) is 0 Å². The van der Waals surface area contributed by atoms with Gasteiger partial charge in [0, 0.05) is 13.1 Å². The first-order chi connectivity index (χ1) is 14.4. The molecule has 162 valence electrons. The lowest BCUT2D eigenvalue weighted by Gasteiger charge is -2.31. The number of hydrogen-bond acceptors (Lipinski definition) is 5. The molecule has 2 aromatic rings. The van der Waals surface area contributed by atoms with Gasteiger partial charge in [0.25, 0.3) is 0 Å². The van der Waals surface area contributed by atoms with Crippen molar-refractivity contribution in [3.05, 3.63) is 54.1 Å². The van der Waals surface area contributed by atoms with Crippen LogP contribution in [-0.4, -0.2) is 45.6 Å². The minimum absolute atomic E-state index is 0.122. The molecule has 1 aliphatic heterocycles. The van der Waals surface area contributed by atoms with E-state index in [9.17, 15) is 13.2 Å². The lowest BCUT2D eigenvalue weighted by atomic mass is 9.91. The highest BCUT2D eigenvalue weighted by Crippen LogP contribution is 2.31. The molecular weight excluding hydrogens is 404 g/mol. The van der Waals surface area contributed by atoms with Crippen molar-refractivity contribution >= 4 is 21.8 Å². The van der Waals surface area contributed by atoms with Crippen molar-refractivity contribution in [2.45, 2.75) is 31.1 Å². The van der Waals surface area contributed by atoms with Crippen LogP contribution in [0.25, 0.3) is 0 Å². The molecule has 1 fully saturated rings. The number of ether oxygens (including phenoxy) is 2. The molecule has 1 heterocycles. The summed E-state index contributed by atoms with van der Waals surface area (Å²) < 4.78 is 37.9. The van der Waals surface area contributed by atoms with Crippen LogP contribution < -0.4 is 10.1 Å². The number of rotatable bonds is 7. The lowest BCUT2D eigenvalue weighted by Crippen LogP contribution is -2.38. The molecule has 8 heteroatoms. The molecule has 1 aliphatic rings. The molecule has 0 aliphatic carbocycles. The van der Waals surface area contributed by atoms with E-state index in [0.717, 1.165) is 19.3 Å². The monoisotopic (exact) mass is 432 g/mol. The second-order valence-corrected chi connectivity index (χ2v) is 9.18. The Balaban J connectivity index is 1.70. The molecule has 3 rings (SSSR count). The van der Waals surface area contributed by atoms with Gasteiger partial charge >= 0.3 is 6.09 Å². The van der Waals surface area contributed by atoms with Crippen molar-refractivity contribution in [2.75, 3.05) is 32.1 Å². The number of nitrogens with zero attached hydrogens (tertiary/aromatic N) is 1. The van der Waals surface area contributed by atoms with Gasteiger partial charge in [-0.2, -0.15) is 4.31 Å². The molecule has 2 aromatic carbocycles. The van der Waals surface area contributed by atoms with Gasteiger partial charge in [0.05, 0.1) is 24.3 Å². The van der Waals surface area contributed by atoms with Crippen LogP contribution in [-0.2, 0) is 21.2 Å². The van der Waals surface area contributed by atoms with E-state index in [1.165, 1.54) is 35.2 Å². The molecule has 0 spiro atoms. The number of amides is 1. The van der Waals surface area contributed by atoms with E-state index in [1.54, 1.807) is 6.92 Å². The highest BCUT2D eigenvalue weighted by Gasteiger charge is 2.30. The van der Waals surface area contributed by atoms with Gasteiger partial charge in [-0.1, -0.05) is 30.3 Å². The fourth-order valence-corrected chi connectivity index (χ4v) is 5.17. The highest BCUT2D eigenvalue weighted by atomic mass is 32.2. The van der Waals surface area contributed by atoms with Gasteiger partial charge in [-0.15, -0.1) is 0 Å². The third-order valence-electron chi connectivity index (χ3n) is 5.26. The Kier molecular flexibility index (Phi) is 7.33. The summed E-state index contributed by atoms with van der Waals surface area (Å²) >= 11 is 0. The molecule has 0 atom stereocenters. The third kappa shape index (κ3) is 5.31. The Morgan fingerprint density at radius 2 is 1.83 bits per heavy atom. The fraction of sp³-hybridized carbons (Fsp3) is 0.409. The van der Waals surface area contributed by atoms with Crippen LogP contribution in [0.2, 0.25) is 0 Å². The van der Waals surface area contributed by atoms with E-state index in [4.69, 9.17) is 9.47 Å². The van der Waals surface area contributed by atoms with Crippen LogP contribution in [0.3, 0.4) is 0 Å². The maximum absolute atomic E-state index is 13.2. The number of methoxy groups -OCH3 is 1. The van der Waals surface area contributed by atoms with Crippen molar-refractivity contribution in [2.24, 2.45) is 5.92 Å². The minimum atomic E-state index is -3.67. The highest BCUT2D eigenvalue weighted by molar-refractivity contribution is 7.89. The summed E-state index contributed by atoms with van der Waals surface area (Å²) in [5.41, 5.74) is 1.54. The quantitative estimate of drug-likeness (QED) is 0.717. The van der Waals surface area contributed by atoms with Gasteiger partial charge in [-0.3, -0.25) is 5.32 Å². The van der Waals surface area contributed by atoms with Gasteiger partial charge < -0.3 is 9.47 Å². The number of piperidine rings is 1. The van der Waals surface area contributed by atoms with Crippen LogP contribution in [0.5, 0.6) is 5.75 Å². The molecule has 1 N–H and O–H groups in total. The zero-order valence-corrected chi connectivity index (χ0v) is 18.2. The standard InChI is InChI=1S/C22H28N2O5S/c1-3-29-22(25)23-20-16-19(9-10-21(20)28-2)30(26,27)24-13-11-18(12-14-24)15-17-7-5-4-6-8-17/h4-10,16,18H,3,11-15H2,1-2H3,(H,23,25). The molecule has 0 aromatic heterocycles. The fourth-order valence-electron chi connectivity index (χ4n) is 3.67. The third-order valence-corrected chi connectivity index (χ3v) is 7.16. The van der Waals surface area contributed by atoms with Crippen molar-refractivity contribution in [3.63, 3.8) is 0 Å². The van der Waals surface area contributed by atoms with Crippen LogP contribution in [0, 0.1) is 5.92 Å². The predicted octanol–water partition coefficient (Wildman–Crippen LogP) is 3.91. The number of sulfonamides is 1. The maximum atomic E-state index is 13.2. The normalized spacial score (nSPS) is 15.5. The van der Waals surface area contributed by atoms with E-state index >= 15 is 0 Å². The first kappa shape index (κ1) is 22.1.